The second kappa shape index (κ2) is 6.19. The number of amides is 1. The van der Waals surface area contributed by atoms with E-state index >= 15 is 0 Å². The van der Waals surface area contributed by atoms with Crippen LogP contribution in [-0.4, -0.2) is 50.3 Å². The summed E-state index contributed by atoms with van der Waals surface area (Å²) in [4.78, 5) is 25.2. The fourth-order valence-electron chi connectivity index (χ4n) is 2.14. The van der Waals surface area contributed by atoms with E-state index in [1.807, 2.05) is 0 Å². The summed E-state index contributed by atoms with van der Waals surface area (Å²) >= 11 is 0. The van der Waals surface area contributed by atoms with Crippen LogP contribution in [0.4, 0.5) is 5.82 Å². The first-order valence-corrected chi connectivity index (χ1v) is 6.67. The number of hydrogen-bond acceptors (Lipinski definition) is 6. The average Bonchev–Trinajstić information content (AvgIpc) is 3.03. The Labute approximate surface area is 121 Å². The highest BCUT2D eigenvalue weighted by molar-refractivity contribution is 5.75. The van der Waals surface area contributed by atoms with Crippen LogP contribution >= 0.6 is 0 Å². The monoisotopic (exact) mass is 298 g/mol. The number of aromatic nitrogens is 2. The second-order valence-corrected chi connectivity index (χ2v) is 5.12. The topological polar surface area (TPSA) is 120 Å². The number of aliphatic hydroxyl groups is 1. The van der Waals surface area contributed by atoms with Crippen molar-refractivity contribution in [3.63, 3.8) is 0 Å². The fraction of sp³-hybridized carbons (Fsp3) is 0.667. The number of carbonyl (C=O) groups is 1. The molecule has 1 amide bonds. The molecule has 1 aromatic rings. The molecule has 116 valence electrons. The first kappa shape index (κ1) is 15.4. The Bertz CT molecular complexity index is 531. The third kappa shape index (κ3) is 3.76. The molecule has 0 saturated carbocycles. The number of aryl methyl sites for hydroxylation is 1. The van der Waals surface area contributed by atoms with E-state index in [0.29, 0.717) is 13.0 Å². The zero-order chi connectivity index (χ0) is 15.5. The van der Waals surface area contributed by atoms with E-state index in [2.05, 4.69) is 10.3 Å². The molecule has 2 unspecified atom stereocenters. The van der Waals surface area contributed by atoms with Gasteiger partial charge in [-0.1, -0.05) is 0 Å². The lowest BCUT2D eigenvalue weighted by atomic mass is 9.97. The number of rotatable bonds is 6. The molecule has 2 atom stereocenters. The Hall–Kier alpha value is -2.00. The molecule has 1 aliphatic heterocycles. The lowest BCUT2D eigenvalue weighted by Crippen LogP contribution is -2.47. The van der Waals surface area contributed by atoms with E-state index in [0.717, 1.165) is 0 Å². The standard InChI is InChI=1S/C12H18N4O5/c1-9-12(18,3-5-21-9)7-13-11(17)2-4-15-6-10(14-8-15)16(19)20/h6,8-9,18H,2-5,7H2,1H3,(H,13,17). The zero-order valence-corrected chi connectivity index (χ0v) is 11.7. The summed E-state index contributed by atoms with van der Waals surface area (Å²) in [5, 5.41) is 23.4. The molecule has 1 saturated heterocycles. The summed E-state index contributed by atoms with van der Waals surface area (Å²) in [6.45, 7) is 2.67. The second-order valence-electron chi connectivity index (χ2n) is 5.12. The number of ether oxygens (including phenoxy) is 1. The van der Waals surface area contributed by atoms with Crippen molar-refractivity contribution < 1.29 is 19.6 Å². The third-order valence-corrected chi connectivity index (χ3v) is 3.65. The summed E-state index contributed by atoms with van der Waals surface area (Å²) in [5.41, 5.74) is -1.02. The van der Waals surface area contributed by atoms with Crippen LogP contribution in [0, 0.1) is 10.1 Å². The quantitative estimate of drug-likeness (QED) is 0.556. The molecule has 1 fully saturated rings. The molecule has 9 nitrogen and oxygen atoms in total. The predicted octanol–water partition coefficient (Wildman–Crippen LogP) is -0.163. The van der Waals surface area contributed by atoms with E-state index in [4.69, 9.17) is 4.74 Å². The Morgan fingerprint density at radius 2 is 2.52 bits per heavy atom. The molecular weight excluding hydrogens is 280 g/mol. The normalized spacial score (nSPS) is 25.0. The average molecular weight is 298 g/mol. The van der Waals surface area contributed by atoms with Crippen molar-refractivity contribution in [2.24, 2.45) is 0 Å². The molecule has 0 aliphatic carbocycles. The van der Waals surface area contributed by atoms with Crippen LogP contribution in [0.15, 0.2) is 12.5 Å². The summed E-state index contributed by atoms with van der Waals surface area (Å²) in [6, 6.07) is 0. The van der Waals surface area contributed by atoms with Gasteiger partial charge in [0.2, 0.25) is 12.2 Å². The van der Waals surface area contributed by atoms with Gasteiger partial charge < -0.3 is 29.8 Å². The lowest BCUT2D eigenvalue weighted by molar-refractivity contribution is -0.389. The van der Waals surface area contributed by atoms with Gasteiger partial charge in [0.05, 0.1) is 6.10 Å². The van der Waals surface area contributed by atoms with Gasteiger partial charge in [0.25, 0.3) is 0 Å². The largest absolute Gasteiger partial charge is 0.385 e. The van der Waals surface area contributed by atoms with Crippen molar-refractivity contribution in [2.45, 2.75) is 38.0 Å². The van der Waals surface area contributed by atoms with E-state index in [1.54, 1.807) is 6.92 Å². The molecule has 1 aliphatic rings. The van der Waals surface area contributed by atoms with Gasteiger partial charge in [0.1, 0.15) is 11.8 Å². The maximum absolute atomic E-state index is 11.7. The minimum atomic E-state index is -1.02. The van der Waals surface area contributed by atoms with E-state index < -0.39 is 10.5 Å². The molecular formula is C12H18N4O5. The minimum Gasteiger partial charge on any atom is -0.385 e. The van der Waals surface area contributed by atoms with Crippen molar-refractivity contribution in [1.29, 1.82) is 0 Å². The summed E-state index contributed by atoms with van der Waals surface area (Å²) < 4.78 is 6.76. The van der Waals surface area contributed by atoms with Crippen LogP contribution in [-0.2, 0) is 16.1 Å². The Morgan fingerprint density at radius 1 is 1.76 bits per heavy atom. The van der Waals surface area contributed by atoms with Crippen LogP contribution in [0.5, 0.6) is 0 Å². The van der Waals surface area contributed by atoms with Crippen molar-refractivity contribution in [3.05, 3.63) is 22.6 Å². The Morgan fingerprint density at radius 3 is 3.10 bits per heavy atom. The summed E-state index contributed by atoms with van der Waals surface area (Å²) in [6.07, 6.45) is 2.91. The molecule has 0 spiro atoms. The first-order valence-electron chi connectivity index (χ1n) is 6.67. The smallest absolute Gasteiger partial charge is 0.381 e. The van der Waals surface area contributed by atoms with Crippen LogP contribution in [0.25, 0.3) is 0 Å². The van der Waals surface area contributed by atoms with E-state index in [1.165, 1.54) is 17.1 Å². The highest BCUT2D eigenvalue weighted by Crippen LogP contribution is 2.24. The maximum atomic E-state index is 11.7. The van der Waals surface area contributed by atoms with E-state index in [9.17, 15) is 20.0 Å². The van der Waals surface area contributed by atoms with Gasteiger partial charge in [-0.2, -0.15) is 0 Å². The van der Waals surface area contributed by atoms with Gasteiger partial charge >= 0.3 is 5.82 Å². The van der Waals surface area contributed by atoms with Gasteiger partial charge in [0, 0.05) is 32.5 Å². The number of carbonyl (C=O) groups excluding carboxylic acids is 1. The van der Waals surface area contributed by atoms with Gasteiger partial charge in [0.15, 0.2) is 0 Å². The summed E-state index contributed by atoms with van der Waals surface area (Å²) in [5.74, 6) is -0.486. The molecule has 2 rings (SSSR count). The number of imidazole rings is 1. The number of hydrogen-bond donors (Lipinski definition) is 2. The summed E-state index contributed by atoms with van der Waals surface area (Å²) in [7, 11) is 0. The number of nitrogens with zero attached hydrogens (tertiary/aromatic N) is 3. The van der Waals surface area contributed by atoms with Gasteiger partial charge in [-0.15, -0.1) is 0 Å². The number of nitrogens with one attached hydrogen (secondary N) is 1. The van der Waals surface area contributed by atoms with Gasteiger partial charge in [-0.3, -0.25) is 4.79 Å². The molecule has 0 radical (unpaired) electrons. The van der Waals surface area contributed by atoms with E-state index in [-0.39, 0.29) is 37.3 Å². The predicted molar refractivity (Wildman–Crippen MR) is 71.5 cm³/mol. The molecule has 0 bridgehead atoms. The van der Waals surface area contributed by atoms with Crippen LogP contribution in [0.1, 0.15) is 19.8 Å². The molecule has 2 N–H and O–H groups in total. The molecule has 1 aromatic heterocycles. The minimum absolute atomic E-state index is 0.136. The van der Waals surface area contributed by atoms with Crippen molar-refractivity contribution in [2.75, 3.05) is 13.2 Å². The maximum Gasteiger partial charge on any atom is 0.381 e. The molecule has 2 heterocycles. The van der Waals surface area contributed by atoms with Crippen LogP contribution < -0.4 is 5.32 Å². The van der Waals surface area contributed by atoms with Crippen LogP contribution in [0.2, 0.25) is 0 Å². The zero-order valence-electron chi connectivity index (χ0n) is 11.7. The lowest BCUT2D eigenvalue weighted by Gasteiger charge is -2.26. The van der Waals surface area contributed by atoms with Gasteiger partial charge in [-0.25, -0.2) is 0 Å². The van der Waals surface area contributed by atoms with Gasteiger partial charge in [-0.05, 0) is 16.8 Å². The molecule has 21 heavy (non-hydrogen) atoms. The Kier molecular flexibility index (Phi) is 4.53. The molecule has 9 heteroatoms. The van der Waals surface area contributed by atoms with Crippen molar-refractivity contribution in [3.8, 4) is 0 Å². The van der Waals surface area contributed by atoms with Crippen LogP contribution in [0.3, 0.4) is 0 Å². The highest BCUT2D eigenvalue weighted by atomic mass is 16.6. The third-order valence-electron chi connectivity index (χ3n) is 3.65. The Balaban J connectivity index is 1.75. The first-order chi connectivity index (χ1) is 9.90. The SMILES string of the molecule is CC1OCCC1(O)CNC(=O)CCn1cnc([N+](=O)[O-])c1. The molecule has 0 aromatic carbocycles. The van der Waals surface area contributed by atoms with Crippen molar-refractivity contribution in [1.82, 2.24) is 14.9 Å². The highest BCUT2D eigenvalue weighted by Gasteiger charge is 2.39. The van der Waals surface area contributed by atoms with Crippen molar-refractivity contribution >= 4 is 11.7 Å². The fourth-order valence-corrected chi connectivity index (χ4v) is 2.14. The number of nitro groups is 1.